The summed E-state index contributed by atoms with van der Waals surface area (Å²) in [5.74, 6) is 0.266. The SMILES string of the molecule is NC1(C(=O)CCC2CCCO2)CCCCC1. The second-order valence-corrected chi connectivity index (χ2v) is 5.31. The Morgan fingerprint density at radius 3 is 2.62 bits per heavy atom. The van der Waals surface area contributed by atoms with Crippen molar-refractivity contribution in [2.24, 2.45) is 5.73 Å². The maximum Gasteiger partial charge on any atom is 0.152 e. The minimum Gasteiger partial charge on any atom is -0.378 e. The van der Waals surface area contributed by atoms with E-state index in [4.69, 9.17) is 10.5 Å². The van der Waals surface area contributed by atoms with E-state index in [1.165, 1.54) is 6.42 Å². The molecule has 2 rings (SSSR count). The van der Waals surface area contributed by atoms with Gasteiger partial charge in [0.2, 0.25) is 0 Å². The first-order valence-corrected chi connectivity index (χ1v) is 6.64. The van der Waals surface area contributed by atoms with Crippen molar-refractivity contribution in [2.45, 2.75) is 69.4 Å². The van der Waals surface area contributed by atoms with Gasteiger partial charge in [-0.25, -0.2) is 0 Å². The third kappa shape index (κ3) is 2.83. The Labute approximate surface area is 97.7 Å². The van der Waals surface area contributed by atoms with Gasteiger partial charge in [0.25, 0.3) is 0 Å². The fourth-order valence-corrected chi connectivity index (χ4v) is 2.87. The lowest BCUT2D eigenvalue weighted by atomic mass is 9.78. The molecule has 1 saturated carbocycles. The van der Waals surface area contributed by atoms with Crippen LogP contribution in [-0.2, 0) is 9.53 Å². The molecule has 2 N–H and O–H groups in total. The van der Waals surface area contributed by atoms with Gasteiger partial charge in [-0.15, -0.1) is 0 Å². The number of carbonyl (C=O) groups excluding carboxylic acids is 1. The van der Waals surface area contributed by atoms with Crippen LogP contribution in [0.2, 0.25) is 0 Å². The monoisotopic (exact) mass is 225 g/mol. The van der Waals surface area contributed by atoms with E-state index in [0.717, 1.165) is 51.6 Å². The van der Waals surface area contributed by atoms with Gasteiger partial charge < -0.3 is 10.5 Å². The molecule has 0 bridgehead atoms. The summed E-state index contributed by atoms with van der Waals surface area (Å²) in [6, 6.07) is 0. The summed E-state index contributed by atoms with van der Waals surface area (Å²) in [6.07, 6.45) is 9.30. The van der Waals surface area contributed by atoms with Gasteiger partial charge in [0.05, 0.1) is 11.6 Å². The van der Waals surface area contributed by atoms with Crippen molar-refractivity contribution in [1.29, 1.82) is 0 Å². The van der Waals surface area contributed by atoms with Gasteiger partial charge in [0.1, 0.15) is 0 Å². The van der Waals surface area contributed by atoms with E-state index in [0.29, 0.717) is 12.5 Å². The van der Waals surface area contributed by atoms with E-state index in [1.807, 2.05) is 0 Å². The van der Waals surface area contributed by atoms with Gasteiger partial charge in [-0.2, -0.15) is 0 Å². The van der Waals surface area contributed by atoms with Crippen LogP contribution in [0, 0.1) is 0 Å². The van der Waals surface area contributed by atoms with Crippen molar-refractivity contribution >= 4 is 5.78 Å². The van der Waals surface area contributed by atoms with Crippen molar-refractivity contribution in [3.8, 4) is 0 Å². The molecule has 2 fully saturated rings. The largest absolute Gasteiger partial charge is 0.378 e. The molecule has 2 aliphatic rings. The zero-order valence-corrected chi connectivity index (χ0v) is 10.0. The lowest BCUT2D eigenvalue weighted by molar-refractivity contribution is -0.125. The number of hydrogen-bond donors (Lipinski definition) is 1. The number of hydrogen-bond acceptors (Lipinski definition) is 3. The molecule has 0 amide bonds. The summed E-state index contributed by atoms with van der Waals surface area (Å²) in [5.41, 5.74) is 5.69. The number of nitrogens with two attached hydrogens (primary N) is 1. The number of ketones is 1. The summed E-state index contributed by atoms with van der Waals surface area (Å²) in [4.78, 5) is 12.1. The number of carbonyl (C=O) groups is 1. The Balaban J connectivity index is 1.77. The van der Waals surface area contributed by atoms with E-state index in [2.05, 4.69) is 0 Å². The van der Waals surface area contributed by atoms with Gasteiger partial charge in [-0.1, -0.05) is 19.3 Å². The average Bonchev–Trinajstić information content (AvgIpc) is 2.79. The van der Waals surface area contributed by atoms with Crippen molar-refractivity contribution in [1.82, 2.24) is 0 Å². The van der Waals surface area contributed by atoms with E-state index < -0.39 is 5.54 Å². The summed E-state index contributed by atoms with van der Waals surface area (Å²) in [6.45, 7) is 0.868. The lowest BCUT2D eigenvalue weighted by Gasteiger charge is -2.32. The number of rotatable bonds is 4. The summed E-state index contributed by atoms with van der Waals surface area (Å²) in [5, 5.41) is 0. The highest BCUT2D eigenvalue weighted by atomic mass is 16.5. The maximum absolute atomic E-state index is 12.1. The van der Waals surface area contributed by atoms with Crippen LogP contribution in [0.15, 0.2) is 0 Å². The van der Waals surface area contributed by atoms with Crippen molar-refractivity contribution < 1.29 is 9.53 Å². The second kappa shape index (κ2) is 5.28. The molecule has 1 aliphatic carbocycles. The number of Topliss-reactive ketones (excluding diaryl/α,β-unsaturated/α-hetero) is 1. The molecule has 3 heteroatoms. The predicted octanol–water partition coefficient (Wildman–Crippen LogP) is 2.18. The van der Waals surface area contributed by atoms with Gasteiger partial charge in [-0.05, 0) is 32.1 Å². The molecule has 1 aliphatic heterocycles. The molecule has 1 saturated heterocycles. The quantitative estimate of drug-likeness (QED) is 0.797. The van der Waals surface area contributed by atoms with Crippen LogP contribution in [0.5, 0.6) is 0 Å². The second-order valence-electron chi connectivity index (χ2n) is 5.31. The zero-order valence-electron chi connectivity index (χ0n) is 10.0. The zero-order chi connectivity index (χ0) is 11.4. The van der Waals surface area contributed by atoms with Crippen LogP contribution in [0.3, 0.4) is 0 Å². The first kappa shape index (κ1) is 12.1. The molecule has 3 nitrogen and oxygen atoms in total. The molecular formula is C13H23NO2. The molecule has 16 heavy (non-hydrogen) atoms. The van der Waals surface area contributed by atoms with Gasteiger partial charge in [-0.3, -0.25) is 4.79 Å². The molecule has 0 aromatic carbocycles. The topological polar surface area (TPSA) is 52.3 Å². The highest BCUT2D eigenvalue weighted by molar-refractivity contribution is 5.88. The highest BCUT2D eigenvalue weighted by Crippen LogP contribution is 2.28. The third-order valence-corrected chi connectivity index (χ3v) is 4.02. The van der Waals surface area contributed by atoms with Crippen LogP contribution < -0.4 is 5.73 Å². The smallest absolute Gasteiger partial charge is 0.152 e. The fourth-order valence-electron chi connectivity index (χ4n) is 2.87. The van der Waals surface area contributed by atoms with E-state index in [1.54, 1.807) is 0 Å². The Kier molecular flexibility index (Phi) is 3.98. The van der Waals surface area contributed by atoms with E-state index in [-0.39, 0.29) is 5.78 Å². The average molecular weight is 225 g/mol. The maximum atomic E-state index is 12.1. The minimum absolute atomic E-state index is 0.266. The lowest BCUT2D eigenvalue weighted by Crippen LogP contribution is -2.49. The Morgan fingerprint density at radius 1 is 1.25 bits per heavy atom. The molecule has 1 unspecified atom stereocenters. The van der Waals surface area contributed by atoms with E-state index >= 15 is 0 Å². The van der Waals surface area contributed by atoms with Crippen LogP contribution in [0.1, 0.15) is 57.8 Å². The van der Waals surface area contributed by atoms with E-state index in [9.17, 15) is 4.79 Å². The summed E-state index contributed by atoms with van der Waals surface area (Å²) >= 11 is 0. The first-order valence-electron chi connectivity index (χ1n) is 6.64. The normalized spacial score (nSPS) is 29.2. The number of ether oxygens (including phenoxy) is 1. The van der Waals surface area contributed by atoms with Gasteiger partial charge >= 0.3 is 0 Å². The Bertz CT molecular complexity index is 240. The predicted molar refractivity (Wildman–Crippen MR) is 63.2 cm³/mol. The molecule has 0 radical (unpaired) electrons. The third-order valence-electron chi connectivity index (χ3n) is 4.02. The molecule has 1 atom stereocenters. The molecular weight excluding hydrogens is 202 g/mol. The molecule has 1 heterocycles. The standard InChI is InChI=1S/C13H23NO2/c14-13(8-2-1-3-9-13)12(15)7-6-11-5-4-10-16-11/h11H,1-10,14H2. The minimum atomic E-state index is -0.503. The molecule has 0 aromatic rings. The fraction of sp³-hybridized carbons (Fsp3) is 0.923. The Morgan fingerprint density at radius 2 is 2.00 bits per heavy atom. The van der Waals surface area contributed by atoms with Crippen LogP contribution in [-0.4, -0.2) is 24.0 Å². The van der Waals surface area contributed by atoms with Gasteiger partial charge in [0.15, 0.2) is 5.78 Å². The summed E-state index contributed by atoms with van der Waals surface area (Å²) < 4.78 is 5.53. The highest BCUT2D eigenvalue weighted by Gasteiger charge is 2.34. The van der Waals surface area contributed by atoms with Crippen molar-refractivity contribution in [3.63, 3.8) is 0 Å². The summed E-state index contributed by atoms with van der Waals surface area (Å²) in [7, 11) is 0. The molecule has 92 valence electrons. The van der Waals surface area contributed by atoms with Crippen LogP contribution in [0.25, 0.3) is 0 Å². The first-order chi connectivity index (χ1) is 7.71. The molecule has 0 aromatic heterocycles. The van der Waals surface area contributed by atoms with Crippen LogP contribution in [0.4, 0.5) is 0 Å². The van der Waals surface area contributed by atoms with Crippen LogP contribution >= 0.6 is 0 Å². The van der Waals surface area contributed by atoms with Crippen molar-refractivity contribution in [3.05, 3.63) is 0 Å². The Hall–Kier alpha value is -0.410. The molecule has 0 spiro atoms. The van der Waals surface area contributed by atoms with Crippen molar-refractivity contribution in [2.75, 3.05) is 6.61 Å². The van der Waals surface area contributed by atoms with Gasteiger partial charge in [0, 0.05) is 13.0 Å².